The van der Waals surface area contributed by atoms with Crippen molar-refractivity contribution in [3.05, 3.63) is 48.6 Å². The summed E-state index contributed by atoms with van der Waals surface area (Å²) < 4.78 is 26.9. The second-order valence-electron chi connectivity index (χ2n) is 15.7. The molecule has 0 radical (unpaired) electrons. The first-order chi connectivity index (χ1) is 28.3. The molecule has 1 amide bonds. The highest BCUT2D eigenvalue weighted by molar-refractivity contribution is 7.47. The molecule has 2 atom stereocenters. The van der Waals surface area contributed by atoms with Crippen molar-refractivity contribution in [3.63, 3.8) is 0 Å². The molecule has 9 nitrogen and oxygen atoms in total. The number of carbonyl (C=O) groups excluding carboxylic acids is 2. The quantitative estimate of drug-likeness (QED) is 0.0239. The first kappa shape index (κ1) is 56.0. The average Bonchev–Trinajstić information content (AvgIpc) is 3.21. The van der Waals surface area contributed by atoms with Gasteiger partial charge in [-0.05, 0) is 77.0 Å². The first-order valence-electron chi connectivity index (χ1n) is 23.6. The van der Waals surface area contributed by atoms with Crippen molar-refractivity contribution in [1.29, 1.82) is 0 Å². The van der Waals surface area contributed by atoms with E-state index >= 15 is 0 Å². The van der Waals surface area contributed by atoms with Crippen LogP contribution in [0.25, 0.3) is 0 Å². The summed E-state index contributed by atoms with van der Waals surface area (Å²) in [6, 6.07) is 0. The molecule has 0 aliphatic carbocycles. The summed E-state index contributed by atoms with van der Waals surface area (Å²) in [7, 11) is -4.42. The lowest BCUT2D eigenvalue weighted by Gasteiger charge is -2.15. The van der Waals surface area contributed by atoms with E-state index in [1.807, 2.05) is 0 Å². The molecule has 0 spiro atoms. The zero-order valence-electron chi connectivity index (χ0n) is 37.2. The van der Waals surface area contributed by atoms with Crippen LogP contribution in [-0.4, -0.2) is 54.3 Å². The summed E-state index contributed by atoms with van der Waals surface area (Å²) in [5.74, 6) is -0.528. The molecule has 0 heterocycles. The van der Waals surface area contributed by atoms with E-state index in [1.165, 1.54) is 122 Å². The van der Waals surface area contributed by atoms with Crippen LogP contribution in [0.15, 0.2) is 48.6 Å². The third-order valence-electron chi connectivity index (χ3n) is 9.98. The minimum absolute atomic E-state index is 0.0764. The molecule has 338 valence electrons. The van der Waals surface area contributed by atoms with Crippen molar-refractivity contribution >= 4 is 19.7 Å². The number of allylic oxidation sites excluding steroid dienone is 8. The second-order valence-corrected chi connectivity index (χ2v) is 17.2. The third kappa shape index (κ3) is 45.1. The predicted molar refractivity (Wildman–Crippen MR) is 243 cm³/mol. The number of aliphatic hydroxyl groups excluding tert-OH is 1. The highest BCUT2D eigenvalue weighted by Crippen LogP contribution is 2.42. The number of amides is 1. The Morgan fingerprint density at radius 2 is 0.931 bits per heavy atom. The highest BCUT2D eigenvalue weighted by Gasteiger charge is 2.23. The SMILES string of the molecule is CCCCC/C=C\C/C=C\C/C=C\CCCCCCCCCCCCC(=O)OCC(O)COP(=O)(O)OCCNC(=O)CCCCCCC/C=C\CCCCCCC. The van der Waals surface area contributed by atoms with Crippen LogP contribution in [0, 0.1) is 0 Å². The summed E-state index contributed by atoms with van der Waals surface area (Å²) in [4.78, 5) is 34.0. The van der Waals surface area contributed by atoms with Gasteiger partial charge in [-0.25, -0.2) is 4.57 Å². The number of aliphatic hydroxyl groups is 1. The molecule has 0 aromatic carbocycles. The average molecular weight is 838 g/mol. The van der Waals surface area contributed by atoms with E-state index in [4.69, 9.17) is 13.8 Å². The van der Waals surface area contributed by atoms with Crippen LogP contribution in [0.3, 0.4) is 0 Å². The maximum atomic E-state index is 12.1. The van der Waals surface area contributed by atoms with Crippen LogP contribution in [0.2, 0.25) is 0 Å². The molecular formula is C48H88NO8P. The normalized spacial score (nSPS) is 13.7. The number of phosphoric acid groups is 1. The molecule has 0 aromatic rings. The number of rotatable bonds is 44. The number of unbranched alkanes of at least 4 members (excludes halogenated alkanes) is 23. The third-order valence-corrected chi connectivity index (χ3v) is 11.0. The molecule has 0 rings (SSSR count). The van der Waals surface area contributed by atoms with Gasteiger partial charge in [0, 0.05) is 19.4 Å². The maximum absolute atomic E-state index is 12.1. The first-order valence-corrected chi connectivity index (χ1v) is 25.1. The van der Waals surface area contributed by atoms with E-state index in [9.17, 15) is 24.2 Å². The standard InChI is InChI=1S/C48H88NO8P/c1-3-5-7-9-11-13-15-17-19-20-21-22-23-24-25-26-27-29-31-33-35-37-39-41-48(52)55-44-46(50)45-57-58(53,54)56-43-42-49-47(51)40-38-36-34-32-30-28-18-16-14-12-10-8-6-4-2/h11,13,16-19,21-22,46,50H,3-10,12,14-15,20,23-45H2,1-2H3,(H,49,51)(H,53,54)/b13-11-,18-16-,19-17-,22-21-. The number of carbonyl (C=O) groups is 2. The summed E-state index contributed by atoms with van der Waals surface area (Å²) in [6.07, 6.45) is 51.8. The lowest BCUT2D eigenvalue weighted by atomic mass is 10.1. The van der Waals surface area contributed by atoms with Gasteiger partial charge in [0.2, 0.25) is 5.91 Å². The Bertz CT molecular complexity index is 1090. The Labute approximate surface area is 355 Å². The van der Waals surface area contributed by atoms with Crippen LogP contribution in [0.4, 0.5) is 0 Å². The summed E-state index contributed by atoms with van der Waals surface area (Å²) in [6.45, 7) is 3.51. The fraction of sp³-hybridized carbons (Fsp3) is 0.792. The van der Waals surface area contributed by atoms with Gasteiger partial charge in [0.05, 0.1) is 13.2 Å². The molecular weight excluding hydrogens is 750 g/mol. The maximum Gasteiger partial charge on any atom is 0.472 e. The Balaban J connectivity index is 3.59. The predicted octanol–water partition coefficient (Wildman–Crippen LogP) is 13.5. The molecule has 3 N–H and O–H groups in total. The van der Waals surface area contributed by atoms with E-state index in [-0.39, 0.29) is 32.1 Å². The van der Waals surface area contributed by atoms with Gasteiger partial charge >= 0.3 is 13.8 Å². The highest BCUT2D eigenvalue weighted by atomic mass is 31.2. The number of ether oxygens (including phenoxy) is 1. The molecule has 10 heteroatoms. The Morgan fingerprint density at radius 3 is 1.45 bits per heavy atom. The zero-order chi connectivity index (χ0) is 42.5. The van der Waals surface area contributed by atoms with Gasteiger partial charge in [-0.15, -0.1) is 0 Å². The van der Waals surface area contributed by atoms with Gasteiger partial charge in [-0.1, -0.05) is 172 Å². The Morgan fingerprint density at radius 1 is 0.534 bits per heavy atom. The van der Waals surface area contributed by atoms with Crippen LogP contribution >= 0.6 is 7.82 Å². The van der Waals surface area contributed by atoms with Gasteiger partial charge in [0.15, 0.2) is 0 Å². The largest absolute Gasteiger partial charge is 0.472 e. The van der Waals surface area contributed by atoms with Crippen LogP contribution in [-0.2, 0) is 27.9 Å². The molecule has 58 heavy (non-hydrogen) atoms. The van der Waals surface area contributed by atoms with Gasteiger partial charge in [-0.3, -0.25) is 18.6 Å². The number of hydrogen-bond acceptors (Lipinski definition) is 7. The summed E-state index contributed by atoms with van der Waals surface area (Å²) in [5.41, 5.74) is 0. The summed E-state index contributed by atoms with van der Waals surface area (Å²) >= 11 is 0. The molecule has 0 saturated carbocycles. The lowest BCUT2D eigenvalue weighted by Crippen LogP contribution is -2.27. The van der Waals surface area contributed by atoms with Crippen LogP contribution in [0.5, 0.6) is 0 Å². The summed E-state index contributed by atoms with van der Waals surface area (Å²) in [5, 5.41) is 12.7. The van der Waals surface area contributed by atoms with E-state index < -0.39 is 26.5 Å². The minimum atomic E-state index is -4.42. The van der Waals surface area contributed by atoms with Crippen molar-refractivity contribution in [2.75, 3.05) is 26.4 Å². The number of esters is 1. The van der Waals surface area contributed by atoms with Gasteiger partial charge in [0.1, 0.15) is 12.7 Å². The molecule has 0 aromatic heterocycles. The number of hydrogen-bond donors (Lipinski definition) is 3. The molecule has 0 aliphatic rings. The van der Waals surface area contributed by atoms with Crippen molar-refractivity contribution in [1.82, 2.24) is 5.32 Å². The van der Waals surface area contributed by atoms with Crippen molar-refractivity contribution < 1.29 is 37.9 Å². The smallest absolute Gasteiger partial charge is 0.463 e. The number of nitrogens with one attached hydrogen (secondary N) is 1. The van der Waals surface area contributed by atoms with E-state index in [1.54, 1.807) is 0 Å². The monoisotopic (exact) mass is 838 g/mol. The lowest BCUT2D eigenvalue weighted by molar-refractivity contribution is -0.147. The second kappa shape index (κ2) is 44.5. The molecule has 0 saturated heterocycles. The van der Waals surface area contributed by atoms with Gasteiger partial charge < -0.3 is 20.1 Å². The fourth-order valence-electron chi connectivity index (χ4n) is 6.38. The topological polar surface area (TPSA) is 131 Å². The van der Waals surface area contributed by atoms with Crippen LogP contribution in [0.1, 0.15) is 213 Å². The van der Waals surface area contributed by atoms with E-state index in [0.717, 1.165) is 64.2 Å². The van der Waals surface area contributed by atoms with Gasteiger partial charge in [-0.2, -0.15) is 0 Å². The fourth-order valence-corrected chi connectivity index (χ4v) is 7.14. The Hall–Kier alpha value is -2.03. The molecule has 0 bridgehead atoms. The van der Waals surface area contributed by atoms with Crippen molar-refractivity contribution in [2.45, 2.75) is 219 Å². The van der Waals surface area contributed by atoms with Crippen molar-refractivity contribution in [2.24, 2.45) is 0 Å². The molecule has 0 aliphatic heterocycles. The number of phosphoric ester groups is 1. The van der Waals surface area contributed by atoms with E-state index in [0.29, 0.717) is 6.42 Å². The van der Waals surface area contributed by atoms with Crippen LogP contribution < -0.4 is 5.32 Å². The Kier molecular flexibility index (Phi) is 43.0. The van der Waals surface area contributed by atoms with E-state index in [2.05, 4.69) is 67.8 Å². The molecule has 2 unspecified atom stereocenters. The zero-order valence-corrected chi connectivity index (χ0v) is 38.1. The van der Waals surface area contributed by atoms with Crippen molar-refractivity contribution in [3.8, 4) is 0 Å². The minimum Gasteiger partial charge on any atom is -0.463 e. The molecule has 0 fully saturated rings. The van der Waals surface area contributed by atoms with Gasteiger partial charge in [0.25, 0.3) is 0 Å².